The van der Waals surface area contributed by atoms with Crippen LogP contribution in [0.3, 0.4) is 0 Å². The van der Waals surface area contributed by atoms with Gasteiger partial charge in [0.2, 0.25) is 0 Å². The Kier molecular flexibility index (Phi) is 7.50. The van der Waals surface area contributed by atoms with Gasteiger partial charge >= 0.3 is 6.18 Å². The molecule has 0 saturated heterocycles. The molecular weight excluding hydrogens is 513 g/mol. The molecule has 3 aromatic heterocycles. The molecule has 0 aromatic carbocycles. The third-order valence-corrected chi connectivity index (χ3v) is 11.1. The number of halogens is 4. The minimum atomic E-state index is -4.50. The van der Waals surface area contributed by atoms with E-state index < -0.39 is 20.2 Å². The average Bonchev–Trinajstić information content (AvgIpc) is 3.21. The largest absolute Gasteiger partial charge is 0.433 e. The maximum absolute atomic E-state index is 13.1. The summed E-state index contributed by atoms with van der Waals surface area (Å²) in [6, 6.07) is 6.18. The minimum absolute atomic E-state index is 0.0920. The number of hydrogen-bond acceptors (Lipinski definition) is 4. The molecule has 0 saturated carbocycles. The van der Waals surface area contributed by atoms with Crippen LogP contribution in [0.4, 0.5) is 13.2 Å². The van der Waals surface area contributed by atoms with Gasteiger partial charge in [0.25, 0.3) is 0 Å². The number of alkyl halides is 3. The first-order valence-electron chi connectivity index (χ1n) is 10.6. The Labute approximate surface area is 201 Å². The van der Waals surface area contributed by atoms with E-state index in [9.17, 15) is 13.2 Å². The molecule has 33 heavy (non-hydrogen) atoms. The Morgan fingerprint density at radius 1 is 1.06 bits per heavy atom. The molecule has 3 rings (SSSR count). The van der Waals surface area contributed by atoms with E-state index in [1.54, 1.807) is 29.3 Å². The van der Waals surface area contributed by atoms with Gasteiger partial charge in [-0.05, 0) is 70.3 Å². The van der Waals surface area contributed by atoms with E-state index >= 15 is 0 Å². The predicted octanol–water partition coefficient (Wildman–Crippen LogP) is 7.12. The summed E-state index contributed by atoms with van der Waals surface area (Å²) in [7, 11) is -1.93. The second kappa shape index (κ2) is 9.67. The fourth-order valence-electron chi connectivity index (χ4n) is 3.06. The van der Waals surface area contributed by atoms with Gasteiger partial charge in [-0.15, -0.1) is 0 Å². The molecule has 0 N–H and O–H groups in total. The smallest absolute Gasteiger partial charge is 0.417 e. The zero-order valence-corrected chi connectivity index (χ0v) is 21.9. The fourth-order valence-corrected chi connectivity index (χ4v) is 4.36. The first kappa shape index (κ1) is 25.6. The summed E-state index contributed by atoms with van der Waals surface area (Å²) in [5.74, 6) is 0. The average molecular weight is 541 g/mol. The van der Waals surface area contributed by atoms with Crippen molar-refractivity contribution in [2.45, 2.75) is 57.5 Å². The number of nitrogens with zero attached hydrogens (tertiary/aromatic N) is 4. The maximum atomic E-state index is 13.1. The zero-order chi connectivity index (χ0) is 24.4. The van der Waals surface area contributed by atoms with Gasteiger partial charge in [0.05, 0.1) is 17.9 Å². The van der Waals surface area contributed by atoms with Gasteiger partial charge in [-0.2, -0.15) is 18.3 Å². The van der Waals surface area contributed by atoms with Crippen LogP contribution in [-0.4, -0.2) is 34.7 Å². The molecule has 0 amide bonds. The van der Waals surface area contributed by atoms with Crippen LogP contribution in [0.15, 0.2) is 53.5 Å². The lowest BCUT2D eigenvalue weighted by atomic mass is 10.1. The van der Waals surface area contributed by atoms with Crippen LogP contribution in [-0.2, 0) is 10.6 Å². The SMILES string of the molecule is CC(C)(C)[Si](C)(C)OCCC(c1ccc(Br)cn1)n1cc(-c2ccnc(C(F)(F)F)c2)cn1. The molecule has 10 heteroatoms. The van der Waals surface area contributed by atoms with Gasteiger partial charge in [-0.1, -0.05) is 20.8 Å². The van der Waals surface area contributed by atoms with Crippen molar-refractivity contribution in [2.75, 3.05) is 6.61 Å². The van der Waals surface area contributed by atoms with Crippen molar-refractivity contribution < 1.29 is 17.6 Å². The molecule has 3 aromatic rings. The Morgan fingerprint density at radius 3 is 2.39 bits per heavy atom. The second-order valence-corrected chi connectivity index (χ2v) is 15.2. The highest BCUT2D eigenvalue weighted by Crippen LogP contribution is 2.37. The van der Waals surface area contributed by atoms with E-state index in [0.717, 1.165) is 22.4 Å². The quantitative estimate of drug-likeness (QED) is 0.299. The van der Waals surface area contributed by atoms with Crippen LogP contribution in [0.5, 0.6) is 0 Å². The topological polar surface area (TPSA) is 52.8 Å². The maximum Gasteiger partial charge on any atom is 0.433 e. The van der Waals surface area contributed by atoms with Crippen molar-refractivity contribution in [1.82, 2.24) is 19.7 Å². The molecule has 0 radical (unpaired) electrons. The molecular formula is C23H28BrF3N4OSi. The lowest BCUT2D eigenvalue weighted by Gasteiger charge is -2.36. The summed E-state index contributed by atoms with van der Waals surface area (Å²) in [6.45, 7) is 11.5. The van der Waals surface area contributed by atoms with Crippen molar-refractivity contribution >= 4 is 24.2 Å². The van der Waals surface area contributed by atoms with Crippen molar-refractivity contribution in [3.8, 4) is 11.1 Å². The molecule has 1 atom stereocenters. The lowest BCUT2D eigenvalue weighted by molar-refractivity contribution is -0.141. The molecule has 0 aliphatic rings. The Morgan fingerprint density at radius 2 is 1.79 bits per heavy atom. The summed E-state index contributed by atoms with van der Waals surface area (Å²) in [6.07, 6.45) is 2.33. The van der Waals surface area contributed by atoms with Crippen molar-refractivity contribution in [3.63, 3.8) is 0 Å². The van der Waals surface area contributed by atoms with Crippen molar-refractivity contribution in [1.29, 1.82) is 0 Å². The van der Waals surface area contributed by atoms with Crippen LogP contribution in [0, 0.1) is 0 Å². The van der Waals surface area contributed by atoms with Crippen LogP contribution in [0.1, 0.15) is 44.6 Å². The summed E-state index contributed by atoms with van der Waals surface area (Å²) >= 11 is 3.41. The number of rotatable bonds is 7. The minimum Gasteiger partial charge on any atom is -0.417 e. The third kappa shape index (κ3) is 6.30. The molecule has 0 fully saturated rings. The van der Waals surface area contributed by atoms with Gasteiger partial charge in [0.1, 0.15) is 5.69 Å². The number of pyridine rings is 2. The van der Waals surface area contributed by atoms with E-state index in [0.29, 0.717) is 24.2 Å². The first-order valence-corrected chi connectivity index (χ1v) is 14.3. The van der Waals surface area contributed by atoms with Crippen molar-refractivity contribution in [3.05, 3.63) is 64.9 Å². The molecule has 1 unspecified atom stereocenters. The Bertz CT molecular complexity index is 1080. The van der Waals surface area contributed by atoms with Crippen molar-refractivity contribution in [2.24, 2.45) is 0 Å². The molecule has 5 nitrogen and oxygen atoms in total. The van der Waals surface area contributed by atoms with Crippen LogP contribution >= 0.6 is 15.9 Å². The van der Waals surface area contributed by atoms with E-state index in [2.05, 4.69) is 64.9 Å². The lowest BCUT2D eigenvalue weighted by Crippen LogP contribution is -2.41. The monoisotopic (exact) mass is 540 g/mol. The normalized spacial score (nSPS) is 13.8. The highest BCUT2D eigenvalue weighted by molar-refractivity contribution is 9.10. The second-order valence-electron chi connectivity index (χ2n) is 9.45. The molecule has 0 aliphatic heterocycles. The van der Waals surface area contributed by atoms with Gasteiger partial charge in [0.15, 0.2) is 8.32 Å². The summed E-state index contributed by atoms with van der Waals surface area (Å²) in [4.78, 5) is 7.97. The predicted molar refractivity (Wildman–Crippen MR) is 128 cm³/mol. The number of hydrogen-bond donors (Lipinski definition) is 0. The zero-order valence-electron chi connectivity index (χ0n) is 19.3. The number of aromatic nitrogens is 4. The first-order chi connectivity index (χ1) is 15.3. The molecule has 0 aliphatic carbocycles. The third-order valence-electron chi connectivity index (χ3n) is 6.06. The Hall–Kier alpha value is -2.04. The molecule has 178 valence electrons. The van der Waals surface area contributed by atoms with Gasteiger partial charge in [0, 0.05) is 35.2 Å². The van der Waals surface area contributed by atoms with E-state index in [1.807, 2.05) is 12.1 Å². The fraction of sp³-hybridized carbons (Fsp3) is 0.435. The van der Waals surface area contributed by atoms with Crippen LogP contribution in [0.25, 0.3) is 11.1 Å². The van der Waals surface area contributed by atoms with E-state index in [-0.39, 0.29) is 11.1 Å². The Balaban J connectivity index is 1.88. The van der Waals surface area contributed by atoms with Crippen LogP contribution < -0.4 is 0 Å². The van der Waals surface area contributed by atoms with E-state index in [4.69, 9.17) is 4.43 Å². The summed E-state index contributed by atoms with van der Waals surface area (Å²) in [5, 5.41) is 4.56. The van der Waals surface area contributed by atoms with Crippen LogP contribution in [0.2, 0.25) is 18.1 Å². The standard InChI is InChI=1S/C23H28BrF3N4OSi/c1-22(2,3)33(4,5)32-11-9-20(19-7-6-18(24)14-29-19)31-15-17(13-30-31)16-8-10-28-21(12-16)23(25,26)27/h6-8,10,12-15,20H,9,11H2,1-5H3. The molecule has 0 bridgehead atoms. The summed E-state index contributed by atoms with van der Waals surface area (Å²) < 4.78 is 48.2. The molecule has 0 spiro atoms. The highest BCUT2D eigenvalue weighted by atomic mass is 79.9. The van der Waals surface area contributed by atoms with Gasteiger partial charge in [-0.3, -0.25) is 14.6 Å². The summed E-state index contributed by atoms with van der Waals surface area (Å²) in [5.41, 5.74) is 0.859. The highest BCUT2D eigenvalue weighted by Gasteiger charge is 2.37. The molecule has 3 heterocycles. The van der Waals surface area contributed by atoms with Gasteiger partial charge in [-0.25, -0.2) is 0 Å². The van der Waals surface area contributed by atoms with E-state index in [1.165, 1.54) is 0 Å². The van der Waals surface area contributed by atoms with Gasteiger partial charge < -0.3 is 4.43 Å².